The molecule has 4 N–H and O–H groups in total. The summed E-state index contributed by atoms with van der Waals surface area (Å²) in [5.41, 5.74) is 11.2. The molecule has 0 aliphatic heterocycles. The first-order chi connectivity index (χ1) is 10.2. The fraction of sp³-hybridized carbons (Fsp3) is 0.571. The second-order valence-corrected chi connectivity index (χ2v) is 5.04. The molecule has 0 saturated heterocycles. The standard InChI is InChI=1S/C14H28N7O/c1-12(16)19(5)11-20(6)13(2)21(10-17-3)9-14(22)18(4)8-7-15/h10,16H,2,6-9,11,15H2,1,3-5H3/q+1/p+1. The molecule has 0 aromatic rings. The number of hydrogen-bond donors (Lipinski definition) is 2. The van der Waals surface area contributed by atoms with Gasteiger partial charge in [0.15, 0.2) is 12.9 Å². The maximum absolute atomic E-state index is 12.1. The third-order valence-corrected chi connectivity index (χ3v) is 3.13. The second-order valence-electron chi connectivity index (χ2n) is 5.04. The number of likely N-dealkylation sites (N-methyl/N-ethyl adjacent to an activating group) is 1. The highest BCUT2D eigenvalue weighted by atomic mass is 16.2. The van der Waals surface area contributed by atoms with Crippen LogP contribution in [-0.4, -0.2) is 91.2 Å². The van der Waals surface area contributed by atoms with Gasteiger partial charge in [0, 0.05) is 34.1 Å². The molecule has 0 saturated carbocycles. The summed E-state index contributed by atoms with van der Waals surface area (Å²) in [4.78, 5) is 19.3. The third-order valence-electron chi connectivity index (χ3n) is 3.13. The Balaban J connectivity index is 4.95. The number of nitrogens with zero attached hydrogens (tertiary/aromatic N) is 5. The summed E-state index contributed by atoms with van der Waals surface area (Å²) in [6.07, 6.45) is 1.55. The molecular weight excluding hydrogens is 282 g/mol. The maximum atomic E-state index is 12.1. The maximum Gasteiger partial charge on any atom is 0.278 e. The van der Waals surface area contributed by atoms with Crippen LogP contribution in [0.1, 0.15) is 6.92 Å². The van der Waals surface area contributed by atoms with E-state index in [4.69, 9.17) is 11.5 Å². The number of aliphatic imine (C=N–C) groups is 1. The van der Waals surface area contributed by atoms with Crippen molar-refractivity contribution in [2.24, 2.45) is 16.5 Å². The molecule has 8 nitrogen and oxygen atoms in total. The Morgan fingerprint density at radius 3 is 2.50 bits per heavy atom. The van der Waals surface area contributed by atoms with Gasteiger partial charge < -0.3 is 10.6 Å². The van der Waals surface area contributed by atoms with Gasteiger partial charge in [0.25, 0.3) is 11.7 Å². The molecule has 0 heterocycles. The Morgan fingerprint density at radius 2 is 2.05 bits per heavy atom. The van der Waals surface area contributed by atoms with E-state index >= 15 is 0 Å². The third kappa shape index (κ3) is 6.49. The van der Waals surface area contributed by atoms with E-state index in [0.29, 0.717) is 31.4 Å². The molecule has 0 atom stereocenters. The van der Waals surface area contributed by atoms with Crippen LogP contribution in [0.25, 0.3) is 0 Å². The largest absolute Gasteiger partial charge is 0.341 e. The highest BCUT2D eigenvalue weighted by Gasteiger charge is 2.23. The van der Waals surface area contributed by atoms with E-state index in [1.807, 2.05) is 11.6 Å². The molecular formula is C14H29N7O+2. The summed E-state index contributed by atoms with van der Waals surface area (Å²) in [5.74, 6) is 1.14. The predicted octanol–water partition coefficient (Wildman–Crippen LogP) is -1.48. The monoisotopic (exact) mass is 311 g/mol. The van der Waals surface area contributed by atoms with Crippen molar-refractivity contribution >= 4 is 24.8 Å². The van der Waals surface area contributed by atoms with Crippen LogP contribution in [-0.2, 0) is 4.79 Å². The lowest BCUT2D eigenvalue weighted by Gasteiger charge is -2.20. The quantitative estimate of drug-likeness (QED) is 0.235. The van der Waals surface area contributed by atoms with Crippen LogP contribution in [0.2, 0.25) is 0 Å². The van der Waals surface area contributed by atoms with E-state index in [-0.39, 0.29) is 12.5 Å². The minimum absolute atomic E-state index is 0.0742. The number of hydrogen-bond acceptors (Lipinski definition) is 3. The van der Waals surface area contributed by atoms with E-state index in [1.165, 1.54) is 0 Å². The van der Waals surface area contributed by atoms with E-state index in [1.54, 1.807) is 41.7 Å². The second kappa shape index (κ2) is 9.67. The van der Waals surface area contributed by atoms with Crippen LogP contribution in [0, 0.1) is 0 Å². The van der Waals surface area contributed by atoms with Crippen LogP contribution in [0.3, 0.4) is 0 Å². The van der Waals surface area contributed by atoms with Crippen LogP contribution < -0.4 is 11.5 Å². The van der Waals surface area contributed by atoms with Gasteiger partial charge in [-0.3, -0.25) is 15.5 Å². The molecule has 1 amide bonds. The number of carbonyl (C=O) groups excluding carboxylic acids is 1. The fourth-order valence-electron chi connectivity index (χ4n) is 1.55. The van der Waals surface area contributed by atoms with Gasteiger partial charge in [-0.05, 0) is 6.58 Å². The Hall–Kier alpha value is -2.22. The van der Waals surface area contributed by atoms with Crippen molar-refractivity contribution in [2.45, 2.75) is 6.92 Å². The molecule has 0 aromatic carbocycles. The SMILES string of the molecule is C=C(N(C=NC)CC(=O)N(C)CCN)[N+](=C)C[N+](C)=C(C)N. The summed E-state index contributed by atoms with van der Waals surface area (Å²) >= 11 is 0. The molecule has 8 heteroatoms. The van der Waals surface area contributed by atoms with Gasteiger partial charge in [-0.2, -0.15) is 0 Å². The molecule has 124 valence electrons. The molecule has 0 aromatic heterocycles. The number of amides is 1. The number of nitrogens with two attached hydrogens (primary N) is 2. The van der Waals surface area contributed by atoms with Crippen molar-refractivity contribution in [3.05, 3.63) is 12.4 Å². The van der Waals surface area contributed by atoms with Crippen molar-refractivity contribution in [2.75, 3.05) is 47.4 Å². The lowest BCUT2D eigenvalue weighted by molar-refractivity contribution is -0.696. The molecule has 0 aliphatic carbocycles. The van der Waals surface area contributed by atoms with Gasteiger partial charge in [-0.25, -0.2) is 14.1 Å². The summed E-state index contributed by atoms with van der Waals surface area (Å²) in [5, 5.41) is 0. The predicted molar refractivity (Wildman–Crippen MR) is 90.3 cm³/mol. The number of rotatable bonds is 9. The van der Waals surface area contributed by atoms with E-state index in [2.05, 4.69) is 18.3 Å². The number of carbonyl (C=O) groups is 1. The molecule has 0 bridgehead atoms. The molecule has 0 aliphatic rings. The van der Waals surface area contributed by atoms with Gasteiger partial charge >= 0.3 is 0 Å². The Bertz CT molecular complexity index is 478. The summed E-state index contributed by atoms with van der Waals surface area (Å²) < 4.78 is 3.47. The highest BCUT2D eigenvalue weighted by Crippen LogP contribution is 2.02. The van der Waals surface area contributed by atoms with Crippen molar-refractivity contribution < 1.29 is 13.9 Å². The van der Waals surface area contributed by atoms with Crippen molar-refractivity contribution in [1.82, 2.24) is 9.80 Å². The minimum atomic E-state index is -0.0742. The summed E-state index contributed by atoms with van der Waals surface area (Å²) in [6.45, 7) is 11.2. The molecule has 0 spiro atoms. The van der Waals surface area contributed by atoms with Crippen molar-refractivity contribution in [3.63, 3.8) is 0 Å². The fourth-order valence-corrected chi connectivity index (χ4v) is 1.55. The average Bonchev–Trinajstić information content (AvgIpc) is 2.45. The van der Waals surface area contributed by atoms with Gasteiger partial charge in [-0.1, -0.05) is 0 Å². The highest BCUT2D eigenvalue weighted by molar-refractivity contribution is 5.80. The zero-order chi connectivity index (χ0) is 17.3. The van der Waals surface area contributed by atoms with E-state index < -0.39 is 0 Å². The van der Waals surface area contributed by atoms with Crippen molar-refractivity contribution in [1.29, 1.82) is 0 Å². The zero-order valence-electron chi connectivity index (χ0n) is 14.1. The number of amidine groups is 1. The summed E-state index contributed by atoms with van der Waals surface area (Å²) in [6, 6.07) is 0. The normalized spacial score (nSPS) is 12.0. The zero-order valence-corrected chi connectivity index (χ0v) is 14.1. The van der Waals surface area contributed by atoms with Gasteiger partial charge in [0.05, 0.1) is 13.8 Å². The molecule has 0 unspecified atom stereocenters. The Kier molecular flexibility index (Phi) is 8.69. The Morgan fingerprint density at radius 1 is 1.45 bits per heavy atom. The van der Waals surface area contributed by atoms with Gasteiger partial charge in [0.1, 0.15) is 0 Å². The summed E-state index contributed by atoms with van der Waals surface area (Å²) in [7, 11) is 5.19. The topological polar surface area (TPSA) is 94.0 Å². The van der Waals surface area contributed by atoms with Crippen LogP contribution in [0.4, 0.5) is 0 Å². The van der Waals surface area contributed by atoms with Crippen LogP contribution in [0.15, 0.2) is 17.4 Å². The smallest absolute Gasteiger partial charge is 0.278 e. The Labute approximate surface area is 132 Å². The lowest BCUT2D eigenvalue weighted by Crippen LogP contribution is -2.42. The lowest BCUT2D eigenvalue weighted by atomic mass is 10.4. The van der Waals surface area contributed by atoms with Gasteiger partial charge in [0.2, 0.25) is 12.5 Å². The molecule has 0 radical (unpaired) electrons. The first-order valence-corrected chi connectivity index (χ1v) is 6.94. The average molecular weight is 311 g/mol. The van der Waals surface area contributed by atoms with Crippen molar-refractivity contribution in [3.8, 4) is 0 Å². The van der Waals surface area contributed by atoms with Crippen LogP contribution >= 0.6 is 0 Å². The van der Waals surface area contributed by atoms with Crippen LogP contribution in [0.5, 0.6) is 0 Å². The first kappa shape index (κ1) is 19.8. The minimum Gasteiger partial charge on any atom is -0.341 e. The molecule has 0 fully saturated rings. The molecule has 22 heavy (non-hydrogen) atoms. The van der Waals surface area contributed by atoms with Gasteiger partial charge in [-0.15, -0.1) is 0 Å². The van der Waals surface area contributed by atoms with E-state index in [0.717, 1.165) is 0 Å². The van der Waals surface area contributed by atoms with E-state index in [9.17, 15) is 4.79 Å². The first-order valence-electron chi connectivity index (χ1n) is 6.94. The molecule has 0 rings (SSSR count).